The number of benzene rings is 2. The van der Waals surface area contributed by atoms with Crippen molar-refractivity contribution in [3.63, 3.8) is 0 Å². The lowest BCUT2D eigenvalue weighted by Crippen LogP contribution is -2.36. The van der Waals surface area contributed by atoms with Crippen molar-refractivity contribution in [1.29, 1.82) is 0 Å². The zero-order valence-corrected chi connectivity index (χ0v) is 22.2. The SMILES string of the molecule is CCOC(=O)c1cnn(-c2cccc(-c3cc(Cl)ccc3-c3ccc(C4(F)CCNCC4)cc3)n2)c1C(F)(F)F. The van der Waals surface area contributed by atoms with E-state index in [0.717, 1.165) is 11.8 Å². The van der Waals surface area contributed by atoms with Crippen LogP contribution in [0, 0.1) is 0 Å². The van der Waals surface area contributed by atoms with Crippen LogP contribution in [-0.4, -0.2) is 40.4 Å². The van der Waals surface area contributed by atoms with E-state index in [2.05, 4.69) is 15.4 Å². The van der Waals surface area contributed by atoms with Gasteiger partial charge in [-0.25, -0.2) is 18.9 Å². The molecule has 0 unspecified atom stereocenters. The van der Waals surface area contributed by atoms with Crippen molar-refractivity contribution < 1.29 is 27.1 Å². The summed E-state index contributed by atoms with van der Waals surface area (Å²) in [6.07, 6.45) is -3.30. The molecule has 0 atom stereocenters. The Kier molecular flexibility index (Phi) is 7.65. The Morgan fingerprint density at radius 2 is 1.80 bits per heavy atom. The summed E-state index contributed by atoms with van der Waals surface area (Å²) in [5, 5.41) is 7.39. The number of alkyl halides is 4. The Balaban J connectivity index is 1.56. The minimum Gasteiger partial charge on any atom is -0.462 e. The molecule has 1 N–H and O–H groups in total. The number of carbonyl (C=O) groups excluding carboxylic acids is 1. The van der Waals surface area contributed by atoms with E-state index >= 15 is 4.39 Å². The highest BCUT2D eigenvalue weighted by Crippen LogP contribution is 2.39. The van der Waals surface area contributed by atoms with Crippen LogP contribution in [0.3, 0.4) is 0 Å². The van der Waals surface area contributed by atoms with Gasteiger partial charge in [0, 0.05) is 10.6 Å². The summed E-state index contributed by atoms with van der Waals surface area (Å²) in [5.41, 5.74) is -0.414. The molecule has 6 nitrogen and oxygen atoms in total. The third kappa shape index (κ3) is 5.46. The molecule has 1 aliphatic rings. The summed E-state index contributed by atoms with van der Waals surface area (Å²) in [5.74, 6) is -1.27. The molecule has 1 aliphatic heterocycles. The number of halogens is 5. The Labute approximate surface area is 232 Å². The second-order valence-electron chi connectivity index (χ2n) is 9.40. The van der Waals surface area contributed by atoms with Gasteiger partial charge >= 0.3 is 12.1 Å². The van der Waals surface area contributed by atoms with Crippen molar-refractivity contribution >= 4 is 17.6 Å². The third-order valence-electron chi connectivity index (χ3n) is 6.85. The largest absolute Gasteiger partial charge is 0.462 e. The molecule has 2 aromatic heterocycles. The fraction of sp³-hybridized carbons (Fsp3) is 0.276. The summed E-state index contributed by atoms with van der Waals surface area (Å²) >= 11 is 6.31. The van der Waals surface area contributed by atoms with E-state index in [-0.39, 0.29) is 12.4 Å². The van der Waals surface area contributed by atoms with Crippen LogP contribution < -0.4 is 5.32 Å². The first-order valence-electron chi connectivity index (χ1n) is 12.7. The van der Waals surface area contributed by atoms with Gasteiger partial charge in [-0.15, -0.1) is 0 Å². The summed E-state index contributed by atoms with van der Waals surface area (Å²) in [7, 11) is 0. The topological polar surface area (TPSA) is 69.0 Å². The number of carbonyl (C=O) groups is 1. The van der Waals surface area contributed by atoms with Gasteiger partial charge in [0.2, 0.25) is 0 Å². The molecular weight excluding hydrogens is 548 g/mol. The van der Waals surface area contributed by atoms with Gasteiger partial charge in [-0.3, -0.25) is 0 Å². The molecule has 0 saturated carbocycles. The first-order valence-corrected chi connectivity index (χ1v) is 13.1. The lowest BCUT2D eigenvalue weighted by atomic mass is 9.86. The molecule has 3 heterocycles. The molecule has 5 rings (SSSR count). The van der Waals surface area contributed by atoms with Crippen molar-refractivity contribution in [1.82, 2.24) is 20.1 Å². The molecule has 2 aromatic carbocycles. The van der Waals surface area contributed by atoms with Crippen molar-refractivity contribution in [3.05, 3.63) is 88.7 Å². The summed E-state index contributed by atoms with van der Waals surface area (Å²) < 4.78 is 63.0. The van der Waals surface area contributed by atoms with Gasteiger partial charge < -0.3 is 10.1 Å². The number of pyridine rings is 1. The molecular formula is C29H25ClF4N4O2. The zero-order chi connectivity index (χ0) is 28.5. The van der Waals surface area contributed by atoms with E-state index in [1.165, 1.54) is 13.0 Å². The van der Waals surface area contributed by atoms with Crippen LogP contribution in [0.4, 0.5) is 17.6 Å². The van der Waals surface area contributed by atoms with Crippen LogP contribution in [0.2, 0.25) is 5.02 Å². The van der Waals surface area contributed by atoms with Gasteiger partial charge in [-0.2, -0.15) is 18.3 Å². The number of hydrogen-bond acceptors (Lipinski definition) is 5. The molecule has 11 heteroatoms. The Morgan fingerprint density at radius 3 is 2.48 bits per heavy atom. The lowest BCUT2D eigenvalue weighted by Gasteiger charge is -2.30. The van der Waals surface area contributed by atoms with Gasteiger partial charge in [0.15, 0.2) is 11.5 Å². The van der Waals surface area contributed by atoms with E-state index in [0.29, 0.717) is 58.0 Å². The van der Waals surface area contributed by atoms with Crippen LogP contribution in [0.25, 0.3) is 28.2 Å². The van der Waals surface area contributed by atoms with Crippen molar-refractivity contribution in [2.45, 2.75) is 31.6 Å². The highest BCUT2D eigenvalue weighted by atomic mass is 35.5. The van der Waals surface area contributed by atoms with E-state index in [4.69, 9.17) is 16.3 Å². The summed E-state index contributed by atoms with van der Waals surface area (Å²) in [6, 6.07) is 16.8. The van der Waals surface area contributed by atoms with E-state index < -0.39 is 29.1 Å². The van der Waals surface area contributed by atoms with Crippen molar-refractivity contribution in [3.8, 4) is 28.2 Å². The lowest BCUT2D eigenvalue weighted by molar-refractivity contribution is -0.143. The predicted octanol–water partition coefficient (Wildman–Crippen LogP) is 7.00. The molecule has 208 valence electrons. The molecule has 0 bridgehead atoms. The summed E-state index contributed by atoms with van der Waals surface area (Å²) in [6.45, 7) is 2.63. The molecule has 0 radical (unpaired) electrons. The second-order valence-corrected chi connectivity index (χ2v) is 9.84. The monoisotopic (exact) mass is 572 g/mol. The fourth-order valence-corrected chi connectivity index (χ4v) is 5.06. The minimum atomic E-state index is -4.90. The number of hydrogen-bond donors (Lipinski definition) is 1. The number of aromatic nitrogens is 3. The fourth-order valence-electron chi connectivity index (χ4n) is 4.88. The first-order chi connectivity index (χ1) is 19.1. The van der Waals surface area contributed by atoms with Crippen LogP contribution in [0.1, 0.15) is 41.4 Å². The quantitative estimate of drug-likeness (QED) is 0.199. The smallest absolute Gasteiger partial charge is 0.434 e. The highest BCUT2D eigenvalue weighted by molar-refractivity contribution is 6.31. The zero-order valence-electron chi connectivity index (χ0n) is 21.4. The summed E-state index contributed by atoms with van der Waals surface area (Å²) in [4.78, 5) is 16.7. The van der Waals surface area contributed by atoms with Crippen molar-refractivity contribution in [2.75, 3.05) is 19.7 Å². The van der Waals surface area contributed by atoms with Gasteiger partial charge in [-0.1, -0.05) is 48.0 Å². The maximum Gasteiger partial charge on any atom is 0.434 e. The van der Waals surface area contributed by atoms with Crippen LogP contribution in [0.15, 0.2) is 66.9 Å². The number of piperidine rings is 1. The average molecular weight is 573 g/mol. The number of ether oxygens (including phenoxy) is 1. The molecule has 1 fully saturated rings. The van der Waals surface area contributed by atoms with Crippen LogP contribution in [-0.2, 0) is 16.6 Å². The van der Waals surface area contributed by atoms with E-state index in [1.54, 1.807) is 42.5 Å². The normalized spacial score (nSPS) is 15.2. The average Bonchev–Trinajstić information content (AvgIpc) is 3.40. The van der Waals surface area contributed by atoms with Crippen LogP contribution in [0.5, 0.6) is 0 Å². The van der Waals surface area contributed by atoms with Crippen molar-refractivity contribution in [2.24, 2.45) is 0 Å². The van der Waals surface area contributed by atoms with Gasteiger partial charge in [0.1, 0.15) is 11.2 Å². The Bertz CT molecular complexity index is 1530. The Hall–Kier alpha value is -3.76. The number of esters is 1. The van der Waals surface area contributed by atoms with E-state index in [1.807, 2.05) is 12.1 Å². The molecule has 0 aliphatic carbocycles. The molecule has 4 aromatic rings. The molecule has 1 saturated heterocycles. The molecule has 40 heavy (non-hydrogen) atoms. The maximum absolute atomic E-state index is 15.5. The second kappa shape index (κ2) is 11.0. The van der Waals surface area contributed by atoms with Gasteiger partial charge in [0.25, 0.3) is 0 Å². The third-order valence-corrected chi connectivity index (χ3v) is 7.09. The number of nitrogens with one attached hydrogen (secondary N) is 1. The molecule has 0 amide bonds. The Morgan fingerprint density at radius 1 is 1.07 bits per heavy atom. The maximum atomic E-state index is 15.5. The van der Waals surface area contributed by atoms with Crippen LogP contribution >= 0.6 is 11.6 Å². The van der Waals surface area contributed by atoms with Gasteiger partial charge in [0.05, 0.1) is 18.5 Å². The number of rotatable bonds is 6. The predicted molar refractivity (Wildman–Crippen MR) is 143 cm³/mol. The standard InChI is InChI=1S/C29H25ClF4N4O2/c1-2-40-27(39)23-17-36-38(26(23)29(32,33)34)25-5-3-4-24(37-25)22-16-20(30)10-11-21(22)18-6-8-19(9-7-18)28(31)12-14-35-15-13-28/h3-11,16-17,35H,2,12-15H2,1H3. The van der Waals surface area contributed by atoms with Gasteiger partial charge in [-0.05, 0) is 73.8 Å². The minimum absolute atomic E-state index is 0.0862. The first kappa shape index (κ1) is 27.8. The van der Waals surface area contributed by atoms with E-state index in [9.17, 15) is 18.0 Å². The molecule has 0 spiro atoms. The number of nitrogens with zero attached hydrogens (tertiary/aromatic N) is 3. The highest BCUT2D eigenvalue weighted by Gasteiger charge is 2.41.